The molecule has 0 spiro atoms. The van der Waals surface area contributed by atoms with Gasteiger partial charge in [-0.15, -0.1) is 0 Å². The van der Waals surface area contributed by atoms with E-state index >= 15 is 0 Å². The van der Waals surface area contributed by atoms with E-state index in [4.69, 9.17) is 9.47 Å². The van der Waals surface area contributed by atoms with E-state index in [1.54, 1.807) is 6.92 Å². The van der Waals surface area contributed by atoms with Gasteiger partial charge in [0.05, 0.1) is 6.61 Å². The number of fused-ring (bicyclic) bond motifs is 2. The van der Waals surface area contributed by atoms with Crippen LogP contribution in [0.3, 0.4) is 0 Å². The molecule has 2 heterocycles. The normalized spacial score (nSPS) is 31.6. The van der Waals surface area contributed by atoms with Gasteiger partial charge in [0, 0.05) is 10.5 Å². The molecule has 0 aromatic carbocycles. The van der Waals surface area contributed by atoms with Gasteiger partial charge in [-0.1, -0.05) is 0 Å². The molecule has 0 aromatic rings. The molecule has 2 aliphatic rings. The van der Waals surface area contributed by atoms with Crippen LogP contribution in [-0.2, 0) is 14.3 Å². The highest BCUT2D eigenvalue weighted by Gasteiger charge is 2.51. The highest BCUT2D eigenvalue weighted by Crippen LogP contribution is 2.48. The molecule has 1 amide bonds. The summed E-state index contributed by atoms with van der Waals surface area (Å²) < 4.78 is 10.5. The third-order valence-electron chi connectivity index (χ3n) is 3.75. The number of nitrogens with one attached hydrogen (secondary N) is 1. The van der Waals surface area contributed by atoms with Crippen molar-refractivity contribution in [2.45, 2.75) is 75.0 Å². The Morgan fingerprint density at radius 2 is 1.81 bits per heavy atom. The highest BCUT2D eigenvalue weighted by molar-refractivity contribution is 8.00. The summed E-state index contributed by atoms with van der Waals surface area (Å²) in [5.74, 6) is -0.326. The number of hydrogen-bond donors (Lipinski definition) is 1. The van der Waals surface area contributed by atoms with Gasteiger partial charge in [0.15, 0.2) is 0 Å². The minimum atomic E-state index is -0.921. The van der Waals surface area contributed by atoms with Crippen molar-refractivity contribution >= 4 is 23.8 Å². The van der Waals surface area contributed by atoms with Gasteiger partial charge in [-0.2, -0.15) is 11.8 Å². The molecule has 6 heteroatoms. The summed E-state index contributed by atoms with van der Waals surface area (Å²) in [5, 5.41) is 3.66. The lowest BCUT2D eigenvalue weighted by Crippen LogP contribution is -2.59. The number of carbonyl (C=O) groups is 2. The third-order valence-corrected chi connectivity index (χ3v) is 5.33. The Bertz CT molecular complexity index is 406. The van der Waals surface area contributed by atoms with Gasteiger partial charge < -0.3 is 14.8 Å². The molecule has 2 rings (SSSR count). The predicted molar refractivity (Wildman–Crippen MR) is 82.4 cm³/mol. The van der Waals surface area contributed by atoms with Gasteiger partial charge in [-0.25, -0.2) is 9.59 Å². The second kappa shape index (κ2) is 6.07. The lowest BCUT2D eigenvalue weighted by Gasteiger charge is -2.38. The fourth-order valence-electron chi connectivity index (χ4n) is 3.03. The van der Waals surface area contributed by atoms with Crippen molar-refractivity contribution in [2.24, 2.45) is 0 Å². The van der Waals surface area contributed by atoms with Crippen LogP contribution in [0, 0.1) is 0 Å². The molecule has 0 radical (unpaired) electrons. The van der Waals surface area contributed by atoms with Crippen LogP contribution in [0.15, 0.2) is 0 Å². The van der Waals surface area contributed by atoms with Crippen molar-refractivity contribution in [1.29, 1.82) is 0 Å². The summed E-state index contributed by atoms with van der Waals surface area (Å²) in [6.07, 6.45) is 2.93. The van der Waals surface area contributed by atoms with Crippen LogP contribution in [-0.4, -0.2) is 40.3 Å². The van der Waals surface area contributed by atoms with Gasteiger partial charge in [0.25, 0.3) is 0 Å². The zero-order valence-electron chi connectivity index (χ0n) is 13.2. The number of ether oxygens (including phenoxy) is 2. The van der Waals surface area contributed by atoms with Crippen LogP contribution in [0.5, 0.6) is 0 Å². The first-order valence-corrected chi connectivity index (χ1v) is 8.52. The van der Waals surface area contributed by atoms with Gasteiger partial charge in [0.1, 0.15) is 11.1 Å². The molecule has 2 unspecified atom stereocenters. The van der Waals surface area contributed by atoms with E-state index in [0.717, 1.165) is 12.8 Å². The number of esters is 1. The summed E-state index contributed by atoms with van der Waals surface area (Å²) in [4.78, 5) is 24.6. The van der Waals surface area contributed by atoms with Gasteiger partial charge >= 0.3 is 12.1 Å². The topological polar surface area (TPSA) is 64.6 Å². The average Bonchev–Trinajstić information content (AvgIpc) is 2.66. The van der Waals surface area contributed by atoms with Crippen molar-refractivity contribution in [3.05, 3.63) is 0 Å². The summed E-state index contributed by atoms with van der Waals surface area (Å²) >= 11 is 1.93. The average molecular weight is 315 g/mol. The van der Waals surface area contributed by atoms with E-state index in [9.17, 15) is 9.59 Å². The fourth-order valence-corrected chi connectivity index (χ4v) is 4.88. The molecular formula is C15H25NO4S. The van der Waals surface area contributed by atoms with Crippen LogP contribution in [0.1, 0.15) is 53.4 Å². The van der Waals surface area contributed by atoms with Crippen molar-refractivity contribution in [3.63, 3.8) is 0 Å². The standard InChI is InChI=1S/C15H25NO4S/c1-5-19-12(17)15(16-13(18)20-14(2,3)4)8-10-6-7-11(9-15)21-10/h10-11H,5-9H2,1-4H3,(H,16,18). The lowest BCUT2D eigenvalue weighted by molar-refractivity contribution is -0.152. The third kappa shape index (κ3) is 4.05. The van der Waals surface area contributed by atoms with E-state index in [1.165, 1.54) is 0 Å². The summed E-state index contributed by atoms with van der Waals surface area (Å²) in [6.45, 7) is 7.53. The molecule has 1 N–H and O–H groups in total. The van der Waals surface area contributed by atoms with E-state index < -0.39 is 17.2 Å². The summed E-state index contributed by atoms with van der Waals surface area (Å²) in [6, 6.07) is 0. The Hall–Kier alpha value is -0.910. The Morgan fingerprint density at radius 3 is 2.29 bits per heavy atom. The van der Waals surface area contributed by atoms with Crippen LogP contribution < -0.4 is 5.32 Å². The minimum absolute atomic E-state index is 0.319. The van der Waals surface area contributed by atoms with E-state index in [0.29, 0.717) is 29.9 Å². The molecule has 2 fully saturated rings. The molecule has 2 aliphatic heterocycles. The summed E-state index contributed by atoms with van der Waals surface area (Å²) in [7, 11) is 0. The van der Waals surface area contributed by atoms with Crippen LogP contribution in [0.2, 0.25) is 0 Å². The number of alkyl carbamates (subject to hydrolysis) is 1. The second-order valence-corrected chi connectivity index (χ2v) is 8.40. The monoisotopic (exact) mass is 315 g/mol. The number of carbonyl (C=O) groups excluding carboxylic acids is 2. The Balaban J connectivity index is 2.13. The maximum atomic E-state index is 12.4. The maximum absolute atomic E-state index is 12.4. The number of rotatable bonds is 3. The van der Waals surface area contributed by atoms with Crippen molar-refractivity contribution in [1.82, 2.24) is 5.32 Å². The largest absolute Gasteiger partial charge is 0.464 e. The maximum Gasteiger partial charge on any atom is 0.408 e. The lowest BCUT2D eigenvalue weighted by atomic mass is 9.89. The van der Waals surface area contributed by atoms with E-state index in [1.807, 2.05) is 32.5 Å². The van der Waals surface area contributed by atoms with Crippen molar-refractivity contribution in [3.8, 4) is 0 Å². The molecule has 120 valence electrons. The molecule has 5 nitrogen and oxygen atoms in total. The van der Waals surface area contributed by atoms with Crippen molar-refractivity contribution in [2.75, 3.05) is 6.61 Å². The highest BCUT2D eigenvalue weighted by atomic mass is 32.2. The molecule has 0 saturated carbocycles. The van der Waals surface area contributed by atoms with E-state index in [-0.39, 0.29) is 5.97 Å². The Labute approximate surface area is 130 Å². The first kappa shape index (κ1) is 16.5. The summed E-state index contributed by atoms with van der Waals surface area (Å²) in [5.41, 5.74) is -1.50. The Kier molecular flexibility index (Phi) is 4.76. The molecule has 21 heavy (non-hydrogen) atoms. The molecule has 0 aromatic heterocycles. The zero-order chi connectivity index (χ0) is 15.7. The smallest absolute Gasteiger partial charge is 0.408 e. The second-order valence-electron chi connectivity index (χ2n) is 6.80. The first-order valence-electron chi connectivity index (χ1n) is 7.58. The van der Waals surface area contributed by atoms with Crippen LogP contribution >= 0.6 is 11.8 Å². The zero-order valence-corrected chi connectivity index (χ0v) is 14.0. The van der Waals surface area contributed by atoms with Crippen LogP contribution in [0.25, 0.3) is 0 Å². The first-order chi connectivity index (χ1) is 9.74. The van der Waals surface area contributed by atoms with Gasteiger partial charge in [0.2, 0.25) is 0 Å². The molecule has 2 saturated heterocycles. The molecule has 2 atom stereocenters. The quantitative estimate of drug-likeness (QED) is 0.811. The number of hydrogen-bond acceptors (Lipinski definition) is 5. The number of thioether (sulfide) groups is 1. The van der Waals surface area contributed by atoms with Gasteiger partial charge in [-0.05, 0) is 53.4 Å². The van der Waals surface area contributed by atoms with Crippen molar-refractivity contribution < 1.29 is 19.1 Å². The van der Waals surface area contributed by atoms with Gasteiger partial charge in [-0.3, -0.25) is 0 Å². The Morgan fingerprint density at radius 1 is 1.24 bits per heavy atom. The van der Waals surface area contributed by atoms with Crippen LogP contribution in [0.4, 0.5) is 4.79 Å². The molecule has 0 aliphatic carbocycles. The number of amides is 1. The fraction of sp³-hybridized carbons (Fsp3) is 0.867. The van der Waals surface area contributed by atoms with E-state index in [2.05, 4.69) is 5.32 Å². The predicted octanol–water partition coefficient (Wildman–Crippen LogP) is 2.87. The molecule has 2 bridgehead atoms. The minimum Gasteiger partial charge on any atom is -0.464 e. The SMILES string of the molecule is CCOC(=O)C1(NC(=O)OC(C)(C)C)CC2CCC(C1)S2. The molecular weight excluding hydrogens is 290 g/mol.